The minimum Gasteiger partial charge on any atom is -0.383 e. The van der Waals surface area contributed by atoms with Crippen LogP contribution in [0.3, 0.4) is 0 Å². The Balaban J connectivity index is 2.32. The van der Waals surface area contributed by atoms with Crippen molar-refractivity contribution in [3.63, 3.8) is 0 Å². The molecule has 1 heterocycles. The highest BCUT2D eigenvalue weighted by molar-refractivity contribution is 6.35. The van der Waals surface area contributed by atoms with Crippen molar-refractivity contribution in [2.75, 3.05) is 20.3 Å². The van der Waals surface area contributed by atoms with E-state index in [1.165, 1.54) is 0 Å². The molecule has 0 aliphatic heterocycles. The SMILES string of the molecule is COCCNC(=O)Cn1c(C(C)Cl)nc2cccc(Cl)c21. The molecule has 1 N–H and O–H groups in total. The minimum absolute atomic E-state index is 0.121. The zero-order valence-corrected chi connectivity index (χ0v) is 13.4. The number of nitrogens with one attached hydrogen (secondary N) is 1. The van der Waals surface area contributed by atoms with Gasteiger partial charge in [0.1, 0.15) is 12.4 Å². The van der Waals surface area contributed by atoms with E-state index >= 15 is 0 Å². The molecular weight excluding hydrogens is 313 g/mol. The first kappa shape index (κ1) is 16.1. The van der Waals surface area contributed by atoms with E-state index in [9.17, 15) is 4.79 Å². The van der Waals surface area contributed by atoms with E-state index in [0.717, 1.165) is 11.0 Å². The Morgan fingerprint density at radius 1 is 1.52 bits per heavy atom. The van der Waals surface area contributed by atoms with Crippen LogP contribution in [0.25, 0.3) is 11.0 Å². The van der Waals surface area contributed by atoms with Crippen LogP contribution in [0.15, 0.2) is 18.2 Å². The lowest BCUT2D eigenvalue weighted by Gasteiger charge is -2.11. The Morgan fingerprint density at radius 3 is 2.95 bits per heavy atom. The molecule has 0 aliphatic rings. The lowest BCUT2D eigenvalue weighted by atomic mass is 10.3. The third-order valence-corrected chi connectivity index (χ3v) is 3.53. The van der Waals surface area contributed by atoms with Gasteiger partial charge in [-0.3, -0.25) is 4.79 Å². The van der Waals surface area contributed by atoms with Gasteiger partial charge in [-0.25, -0.2) is 4.98 Å². The first-order chi connectivity index (χ1) is 10.0. The molecule has 1 unspecified atom stereocenters. The molecule has 0 saturated carbocycles. The van der Waals surface area contributed by atoms with Gasteiger partial charge in [0, 0.05) is 13.7 Å². The standard InChI is InChI=1S/C14H17Cl2N3O2/c1-9(15)14-18-11-5-3-4-10(16)13(11)19(14)8-12(20)17-6-7-21-2/h3-5,9H,6-8H2,1-2H3,(H,17,20). The zero-order valence-electron chi connectivity index (χ0n) is 11.9. The van der Waals surface area contributed by atoms with E-state index in [1.807, 2.05) is 19.1 Å². The number of para-hydroxylation sites is 1. The van der Waals surface area contributed by atoms with Gasteiger partial charge in [0.2, 0.25) is 5.91 Å². The summed E-state index contributed by atoms with van der Waals surface area (Å²) >= 11 is 12.4. The van der Waals surface area contributed by atoms with Crippen molar-refractivity contribution in [3.05, 3.63) is 29.0 Å². The summed E-state index contributed by atoms with van der Waals surface area (Å²) in [6.45, 7) is 2.86. The van der Waals surface area contributed by atoms with Crippen LogP contribution in [0.5, 0.6) is 0 Å². The Hall–Kier alpha value is -1.30. The zero-order chi connectivity index (χ0) is 15.4. The van der Waals surface area contributed by atoms with Crippen LogP contribution in [0.4, 0.5) is 0 Å². The molecule has 7 heteroatoms. The van der Waals surface area contributed by atoms with E-state index < -0.39 is 0 Å². The number of fused-ring (bicyclic) bond motifs is 1. The van der Waals surface area contributed by atoms with Crippen LogP contribution >= 0.6 is 23.2 Å². The first-order valence-electron chi connectivity index (χ1n) is 6.59. The van der Waals surface area contributed by atoms with Gasteiger partial charge in [-0.1, -0.05) is 17.7 Å². The average molecular weight is 330 g/mol. The monoisotopic (exact) mass is 329 g/mol. The number of hydrogen-bond donors (Lipinski definition) is 1. The molecule has 0 bridgehead atoms. The Labute approximate surface area is 133 Å². The van der Waals surface area contributed by atoms with E-state index in [1.54, 1.807) is 17.7 Å². The van der Waals surface area contributed by atoms with Crippen LogP contribution in [0.1, 0.15) is 18.1 Å². The summed E-state index contributed by atoms with van der Waals surface area (Å²) in [7, 11) is 1.59. The van der Waals surface area contributed by atoms with Crippen molar-refractivity contribution >= 4 is 40.1 Å². The summed E-state index contributed by atoms with van der Waals surface area (Å²) < 4.78 is 6.66. The summed E-state index contributed by atoms with van der Waals surface area (Å²) in [5.74, 6) is 0.492. The number of hydrogen-bond acceptors (Lipinski definition) is 3. The van der Waals surface area contributed by atoms with Gasteiger partial charge in [0.15, 0.2) is 0 Å². The highest BCUT2D eigenvalue weighted by Crippen LogP contribution is 2.29. The number of benzene rings is 1. The smallest absolute Gasteiger partial charge is 0.240 e. The van der Waals surface area contributed by atoms with Gasteiger partial charge in [-0.2, -0.15) is 0 Å². The molecule has 2 aromatic rings. The maximum atomic E-state index is 12.0. The number of amides is 1. The molecule has 2 rings (SSSR count). The summed E-state index contributed by atoms with van der Waals surface area (Å²) in [6.07, 6.45) is 0. The molecule has 1 aromatic heterocycles. The molecule has 0 radical (unpaired) electrons. The van der Waals surface area contributed by atoms with Gasteiger partial charge in [0.25, 0.3) is 0 Å². The molecule has 5 nitrogen and oxygen atoms in total. The molecule has 0 spiro atoms. The Morgan fingerprint density at radius 2 is 2.29 bits per heavy atom. The van der Waals surface area contributed by atoms with Crippen molar-refractivity contribution in [2.45, 2.75) is 18.8 Å². The molecule has 1 aromatic carbocycles. The van der Waals surface area contributed by atoms with Crippen molar-refractivity contribution in [3.8, 4) is 0 Å². The Kier molecular flexibility index (Phi) is 5.45. The fourth-order valence-corrected chi connectivity index (χ4v) is 2.55. The second-order valence-corrected chi connectivity index (χ2v) is 5.68. The highest BCUT2D eigenvalue weighted by Gasteiger charge is 2.18. The van der Waals surface area contributed by atoms with Gasteiger partial charge < -0.3 is 14.6 Å². The molecule has 21 heavy (non-hydrogen) atoms. The third kappa shape index (κ3) is 3.67. The number of carbonyl (C=O) groups excluding carboxylic acids is 1. The second-order valence-electron chi connectivity index (χ2n) is 4.62. The third-order valence-electron chi connectivity index (χ3n) is 3.03. The number of ether oxygens (including phenoxy) is 1. The van der Waals surface area contributed by atoms with E-state index in [2.05, 4.69) is 10.3 Å². The molecule has 0 saturated heterocycles. The van der Waals surface area contributed by atoms with Crippen LogP contribution in [0, 0.1) is 0 Å². The predicted octanol–water partition coefficient (Wildman–Crippen LogP) is 2.75. The van der Waals surface area contributed by atoms with Crippen LogP contribution in [-0.4, -0.2) is 35.7 Å². The fourth-order valence-electron chi connectivity index (χ4n) is 2.12. The van der Waals surface area contributed by atoms with Gasteiger partial charge in [-0.15, -0.1) is 11.6 Å². The average Bonchev–Trinajstić information content (AvgIpc) is 2.79. The molecule has 114 valence electrons. The van der Waals surface area contributed by atoms with Crippen molar-refractivity contribution in [2.24, 2.45) is 0 Å². The number of rotatable bonds is 6. The molecule has 0 aliphatic carbocycles. The van der Waals surface area contributed by atoms with Crippen molar-refractivity contribution in [1.82, 2.24) is 14.9 Å². The molecular formula is C14H17Cl2N3O2. The summed E-state index contributed by atoms with van der Waals surface area (Å²) in [4.78, 5) is 16.5. The van der Waals surface area contributed by atoms with Gasteiger partial charge in [0.05, 0.1) is 28.0 Å². The van der Waals surface area contributed by atoms with E-state index in [-0.39, 0.29) is 17.8 Å². The number of alkyl halides is 1. The number of halogens is 2. The topological polar surface area (TPSA) is 56.1 Å². The van der Waals surface area contributed by atoms with E-state index in [4.69, 9.17) is 27.9 Å². The molecule has 1 amide bonds. The van der Waals surface area contributed by atoms with E-state index in [0.29, 0.717) is 24.0 Å². The van der Waals surface area contributed by atoms with Crippen LogP contribution in [-0.2, 0) is 16.1 Å². The second kappa shape index (κ2) is 7.11. The summed E-state index contributed by atoms with van der Waals surface area (Å²) in [6, 6.07) is 5.44. The van der Waals surface area contributed by atoms with Crippen molar-refractivity contribution < 1.29 is 9.53 Å². The number of imidazole rings is 1. The maximum absolute atomic E-state index is 12.0. The minimum atomic E-state index is -0.319. The van der Waals surface area contributed by atoms with Gasteiger partial charge in [-0.05, 0) is 19.1 Å². The summed E-state index contributed by atoms with van der Waals surface area (Å²) in [5.41, 5.74) is 1.46. The number of nitrogens with zero attached hydrogens (tertiary/aromatic N) is 2. The lowest BCUT2D eigenvalue weighted by molar-refractivity contribution is -0.121. The molecule has 0 fully saturated rings. The number of methoxy groups -OCH3 is 1. The van der Waals surface area contributed by atoms with Crippen LogP contribution in [0.2, 0.25) is 5.02 Å². The largest absolute Gasteiger partial charge is 0.383 e. The number of carbonyl (C=O) groups is 1. The quantitative estimate of drug-likeness (QED) is 0.654. The lowest BCUT2D eigenvalue weighted by Crippen LogP contribution is -2.30. The van der Waals surface area contributed by atoms with Crippen molar-refractivity contribution in [1.29, 1.82) is 0 Å². The maximum Gasteiger partial charge on any atom is 0.240 e. The number of aromatic nitrogens is 2. The highest BCUT2D eigenvalue weighted by atomic mass is 35.5. The predicted molar refractivity (Wildman–Crippen MR) is 83.9 cm³/mol. The fraction of sp³-hybridized carbons (Fsp3) is 0.429. The first-order valence-corrected chi connectivity index (χ1v) is 7.40. The normalized spacial score (nSPS) is 12.6. The Bertz CT molecular complexity index is 640. The summed E-state index contributed by atoms with van der Waals surface area (Å²) in [5, 5.41) is 3.00. The van der Waals surface area contributed by atoms with Gasteiger partial charge >= 0.3 is 0 Å². The molecule has 1 atom stereocenters. The van der Waals surface area contributed by atoms with Crippen LogP contribution < -0.4 is 5.32 Å².